The van der Waals surface area contributed by atoms with Crippen LogP contribution in [0.2, 0.25) is 0 Å². The lowest BCUT2D eigenvalue weighted by Gasteiger charge is -2.60. The lowest BCUT2D eigenvalue weighted by molar-refractivity contribution is -0.384. The Labute approximate surface area is 455 Å². The zero-order valence-corrected chi connectivity index (χ0v) is 45.8. The van der Waals surface area contributed by atoms with Crippen LogP contribution in [0.3, 0.4) is 0 Å². The number of amides is 2. The van der Waals surface area contributed by atoms with Crippen molar-refractivity contribution in [1.29, 1.82) is 0 Å². The van der Waals surface area contributed by atoms with Crippen molar-refractivity contribution in [3.63, 3.8) is 0 Å². The molecule has 16 heteroatoms. The molecule has 2 aliphatic heterocycles. The van der Waals surface area contributed by atoms with E-state index in [4.69, 9.17) is 33.7 Å². The van der Waals surface area contributed by atoms with Crippen LogP contribution in [0.15, 0.2) is 96.2 Å². The van der Waals surface area contributed by atoms with Gasteiger partial charge in [-0.3, -0.25) is 14.9 Å². The normalized spacial score (nSPS) is 21.7. The van der Waals surface area contributed by atoms with E-state index in [1.807, 2.05) is 51.1 Å². The van der Waals surface area contributed by atoms with E-state index in [0.717, 1.165) is 55.2 Å². The summed E-state index contributed by atoms with van der Waals surface area (Å²) in [5.41, 5.74) is 2.84. The van der Waals surface area contributed by atoms with Gasteiger partial charge in [-0.25, -0.2) is 4.79 Å². The highest BCUT2D eigenvalue weighted by atomic mass is 16.7. The Morgan fingerprint density at radius 1 is 0.883 bits per heavy atom. The van der Waals surface area contributed by atoms with E-state index >= 15 is 4.79 Å². The number of benzene rings is 3. The van der Waals surface area contributed by atoms with Crippen molar-refractivity contribution >= 4 is 29.5 Å². The molecule has 0 bridgehead atoms. The number of non-ortho nitro benzene ring substituents is 1. The second kappa shape index (κ2) is 28.4. The first-order valence-corrected chi connectivity index (χ1v) is 28.1. The molecule has 3 aromatic rings. The highest BCUT2D eigenvalue weighted by molar-refractivity contribution is 6.03. The van der Waals surface area contributed by atoms with E-state index < -0.39 is 40.3 Å². The number of aliphatic hydroxyl groups excluding tert-OH is 2. The lowest BCUT2D eigenvalue weighted by Crippen LogP contribution is -2.70. The Kier molecular flexibility index (Phi) is 21.6. The summed E-state index contributed by atoms with van der Waals surface area (Å²) in [5.74, 6) is -1.11. The Morgan fingerprint density at radius 3 is 2.26 bits per heavy atom. The minimum absolute atomic E-state index is 0.0270. The largest absolute Gasteiger partial charge is 0.459 e. The molecule has 0 radical (unpaired) electrons. The first-order chi connectivity index (χ1) is 37.3. The molecule has 16 nitrogen and oxygen atoms in total. The second-order valence-corrected chi connectivity index (χ2v) is 21.8. The maximum atomic E-state index is 15.4. The number of ether oxygens (including phenoxy) is 5. The van der Waals surface area contributed by atoms with Crippen LogP contribution in [0.1, 0.15) is 159 Å². The van der Waals surface area contributed by atoms with E-state index in [2.05, 4.69) is 24.9 Å². The Hall–Kier alpha value is -6.23. The van der Waals surface area contributed by atoms with Gasteiger partial charge in [-0.2, -0.15) is 0 Å². The van der Waals surface area contributed by atoms with Crippen molar-refractivity contribution < 1.29 is 53.2 Å². The van der Waals surface area contributed by atoms with E-state index in [0.29, 0.717) is 60.1 Å². The maximum absolute atomic E-state index is 15.4. The predicted octanol–water partition coefficient (Wildman–Crippen LogP) is 12.5. The van der Waals surface area contributed by atoms with Crippen LogP contribution in [0, 0.1) is 27.9 Å². The van der Waals surface area contributed by atoms with Crippen LogP contribution in [0.25, 0.3) is 6.08 Å². The lowest BCUT2D eigenvalue weighted by atomic mass is 9.55. The molecule has 0 spiro atoms. The van der Waals surface area contributed by atoms with Gasteiger partial charge in [-0.15, -0.1) is 6.58 Å². The molecule has 3 aromatic carbocycles. The monoisotopic (exact) mass is 1060 g/mol. The molecule has 418 valence electrons. The number of allylic oxidation sites excluding steroid dienone is 1. The highest BCUT2D eigenvalue weighted by Gasteiger charge is 2.65. The van der Waals surface area contributed by atoms with Gasteiger partial charge in [0.1, 0.15) is 23.1 Å². The fourth-order valence-electron chi connectivity index (χ4n) is 11.4. The number of nitro benzene ring substituents is 1. The molecule has 2 aliphatic carbocycles. The number of rotatable bonds is 30. The van der Waals surface area contributed by atoms with Crippen LogP contribution in [-0.2, 0) is 20.9 Å². The molecule has 7 rings (SSSR count). The minimum Gasteiger partial charge on any atom is -0.459 e. The average Bonchev–Trinajstić information content (AvgIpc) is 3.94. The van der Waals surface area contributed by atoms with Gasteiger partial charge in [0.2, 0.25) is 18.5 Å². The molecule has 6 unspecified atom stereocenters. The van der Waals surface area contributed by atoms with Gasteiger partial charge in [0.05, 0.1) is 23.2 Å². The quantitative estimate of drug-likeness (QED) is 0.0188. The molecule has 3 N–H and O–H groups in total. The van der Waals surface area contributed by atoms with Crippen molar-refractivity contribution in [1.82, 2.24) is 10.2 Å². The maximum Gasteiger partial charge on any atom is 0.412 e. The number of carbonyl (C=O) groups excluding carboxylic acids is 2. The summed E-state index contributed by atoms with van der Waals surface area (Å²) in [6, 6.07) is 16.1. The van der Waals surface area contributed by atoms with Crippen molar-refractivity contribution in [2.75, 3.05) is 33.2 Å². The van der Waals surface area contributed by atoms with Gasteiger partial charge >= 0.3 is 6.09 Å². The Balaban J connectivity index is 1.32. The van der Waals surface area contributed by atoms with Crippen LogP contribution in [0.5, 0.6) is 23.0 Å². The molecule has 2 amide bonds. The number of hydrogen-bond donors (Lipinski definition) is 3. The topological polar surface area (TPSA) is 201 Å². The van der Waals surface area contributed by atoms with E-state index in [1.165, 1.54) is 63.2 Å². The number of nitrogens with one attached hydrogen (secondary N) is 1. The molecular weight excluding hydrogens is 981 g/mol. The molecule has 0 aromatic heterocycles. The second-order valence-electron chi connectivity index (χ2n) is 21.8. The first kappa shape index (κ1) is 58.5. The predicted molar refractivity (Wildman–Crippen MR) is 297 cm³/mol. The number of nitrogens with zero attached hydrogens (tertiary/aromatic N) is 3. The fourth-order valence-corrected chi connectivity index (χ4v) is 11.4. The molecule has 6 atom stereocenters. The third-order valence-electron chi connectivity index (χ3n) is 15.1. The van der Waals surface area contributed by atoms with E-state index in [9.17, 15) is 25.1 Å². The zero-order valence-electron chi connectivity index (χ0n) is 45.8. The summed E-state index contributed by atoms with van der Waals surface area (Å²) in [4.78, 5) is 48.0. The Bertz CT molecular complexity index is 2540. The third kappa shape index (κ3) is 15.5. The summed E-state index contributed by atoms with van der Waals surface area (Å²) in [7, 11) is 0. The summed E-state index contributed by atoms with van der Waals surface area (Å²) in [5, 5.41) is 39.6. The first-order valence-electron chi connectivity index (χ1n) is 28.1. The Morgan fingerprint density at radius 2 is 1.57 bits per heavy atom. The zero-order chi connectivity index (χ0) is 54.8. The van der Waals surface area contributed by atoms with Crippen LogP contribution >= 0.6 is 0 Å². The van der Waals surface area contributed by atoms with Crippen LogP contribution in [0.4, 0.5) is 10.5 Å². The summed E-state index contributed by atoms with van der Waals surface area (Å²) in [6.07, 6.45) is 22.7. The summed E-state index contributed by atoms with van der Waals surface area (Å²) in [6.45, 7) is 12.8. The molecule has 4 aliphatic rings. The number of hydrogen-bond acceptors (Lipinski definition) is 13. The van der Waals surface area contributed by atoms with E-state index in [-0.39, 0.29) is 63.0 Å². The van der Waals surface area contributed by atoms with Crippen molar-refractivity contribution in [3.8, 4) is 23.0 Å². The minimum atomic E-state index is -1.59. The number of aliphatic hydroxyl groups is 2. The molecule has 1 saturated carbocycles. The average molecular weight is 1060 g/mol. The SMILES string of the molecule is C=CCOC12Oc3ccc(OC(=O)NCCCCCCCCCCCC)cc3C3C(CCCCO)C(CCCCO)C=C(C(=NOC(C)(C)C)CC1N(Cc1ccc4c(c1)OCO4)C(=O)C=Cc1ccc([N+](=O)[O-])cc1)C32. The highest BCUT2D eigenvalue weighted by Crippen LogP contribution is 2.62. The van der Waals surface area contributed by atoms with Crippen molar-refractivity contribution in [3.05, 3.63) is 118 Å². The third-order valence-corrected chi connectivity index (χ3v) is 15.1. The fraction of sp³-hybridized carbons (Fsp3) is 0.557. The van der Waals surface area contributed by atoms with Gasteiger partial charge < -0.3 is 49.0 Å². The van der Waals surface area contributed by atoms with Gasteiger partial charge in [0, 0.05) is 62.4 Å². The number of carbonyl (C=O) groups is 2. The summed E-state index contributed by atoms with van der Waals surface area (Å²) < 4.78 is 32.2. The van der Waals surface area contributed by atoms with Crippen LogP contribution in [-0.4, -0.2) is 88.3 Å². The number of fused-ring (bicyclic) bond motifs is 3. The van der Waals surface area contributed by atoms with Crippen molar-refractivity contribution in [2.24, 2.45) is 22.9 Å². The molecule has 1 fully saturated rings. The van der Waals surface area contributed by atoms with Gasteiger partial charge in [-0.05, 0) is 130 Å². The molecule has 0 saturated heterocycles. The van der Waals surface area contributed by atoms with Gasteiger partial charge in [0.25, 0.3) is 5.69 Å². The number of oxime groups is 1. The summed E-state index contributed by atoms with van der Waals surface area (Å²) >= 11 is 0. The van der Waals surface area contributed by atoms with Gasteiger partial charge in [0.15, 0.2) is 11.5 Å². The number of unbranched alkanes of at least 4 members (excludes halogenated alkanes) is 11. The molecular formula is C61H82N4O12. The van der Waals surface area contributed by atoms with Gasteiger partial charge in [-0.1, -0.05) is 101 Å². The van der Waals surface area contributed by atoms with Crippen LogP contribution < -0.4 is 24.3 Å². The molecule has 2 heterocycles. The van der Waals surface area contributed by atoms with Crippen molar-refractivity contribution in [2.45, 2.75) is 167 Å². The van der Waals surface area contributed by atoms with E-state index in [1.54, 1.807) is 35.3 Å². The molecule has 77 heavy (non-hydrogen) atoms. The number of nitro groups is 1. The smallest absolute Gasteiger partial charge is 0.412 e. The standard InChI is InChI=1S/C61H82N4O12/c1-6-8-9-10-11-12-13-14-15-18-33-62-59(69)75-47-29-31-52-50(39-47)57-48(22-17-20-35-67)45(21-16-19-34-66)38-49-51(63-77-60(3,4)5)40-55(61(76-52,58(49)57)74-36-7-2)64(41-44-25-30-53-54(37-44)73-42-72-53)56(68)32-26-43-23-27-46(28-24-43)65(70)71/h7,23-32,37-39,45,48,55,57-58,66-67H,2,6,8-22,33-36,40-42H2,1,3-5H3,(H,62,69).